The van der Waals surface area contributed by atoms with Crippen molar-refractivity contribution in [3.8, 4) is 17.1 Å². The van der Waals surface area contributed by atoms with Gasteiger partial charge in [0, 0.05) is 11.6 Å². The van der Waals surface area contributed by atoms with E-state index < -0.39 is 23.9 Å². The maximum Gasteiger partial charge on any atom is 0.263 e. The van der Waals surface area contributed by atoms with Gasteiger partial charge in [-0.25, -0.2) is 4.90 Å². The molecule has 0 saturated carbocycles. The van der Waals surface area contributed by atoms with Crippen molar-refractivity contribution in [3.05, 3.63) is 60.5 Å². The number of hydrogen-bond donors (Lipinski definition) is 0. The molecule has 2 aromatic carbocycles. The molecule has 2 aliphatic rings. The second-order valence-corrected chi connectivity index (χ2v) is 6.78. The normalized spacial score (nSPS) is 20.2. The molecule has 1 fully saturated rings. The molecule has 0 unspecified atom stereocenters. The van der Waals surface area contributed by atoms with Crippen LogP contribution in [0.25, 0.3) is 11.4 Å². The Bertz CT molecular complexity index is 1140. The van der Waals surface area contributed by atoms with Crippen LogP contribution in [0.2, 0.25) is 0 Å². The lowest BCUT2D eigenvalue weighted by atomic mass is 10.1. The average Bonchev–Trinajstić information content (AvgIpc) is 3.47. The molecule has 150 valence electrons. The summed E-state index contributed by atoms with van der Waals surface area (Å²) in [6.45, 7) is 0.0650. The molecule has 30 heavy (non-hydrogen) atoms. The zero-order chi connectivity index (χ0) is 20.7. The molecule has 0 N–H and O–H groups in total. The fourth-order valence-corrected chi connectivity index (χ4v) is 3.52. The summed E-state index contributed by atoms with van der Waals surface area (Å²) in [5.74, 6) is 0.410. The maximum atomic E-state index is 13.1. The summed E-state index contributed by atoms with van der Waals surface area (Å²) in [4.78, 5) is 31.3. The van der Waals surface area contributed by atoms with E-state index in [0.29, 0.717) is 17.3 Å². The first-order chi connectivity index (χ1) is 14.7. The predicted octanol–water partition coefficient (Wildman–Crippen LogP) is 2.24. The number of methoxy groups -OCH3 is 1. The number of anilines is 1. The standard InChI is InChI=1S/C20H16N6O4/c1-29-14-9-5-8-13(10-14)26-19(27)16-17(20(26)28)25(24-22-16)11-15-21-18(23-30-15)12-6-3-2-4-7-12/h2-10,16-17H,11H2,1H3/t16-,17+/m0/s1. The van der Waals surface area contributed by atoms with Crippen LogP contribution in [0.15, 0.2) is 69.5 Å². The molecule has 1 aromatic heterocycles. The minimum Gasteiger partial charge on any atom is -0.497 e. The first kappa shape index (κ1) is 18.0. The molecule has 3 aromatic rings. The van der Waals surface area contributed by atoms with Crippen molar-refractivity contribution in [2.45, 2.75) is 18.6 Å². The van der Waals surface area contributed by atoms with Crippen molar-refractivity contribution in [1.29, 1.82) is 0 Å². The largest absolute Gasteiger partial charge is 0.497 e. The van der Waals surface area contributed by atoms with E-state index in [-0.39, 0.29) is 12.4 Å². The molecule has 2 aliphatic heterocycles. The number of aromatic nitrogens is 2. The van der Waals surface area contributed by atoms with Crippen molar-refractivity contribution in [1.82, 2.24) is 15.1 Å². The van der Waals surface area contributed by atoms with Crippen LogP contribution in [-0.4, -0.2) is 46.2 Å². The van der Waals surface area contributed by atoms with Gasteiger partial charge in [0.2, 0.25) is 11.7 Å². The van der Waals surface area contributed by atoms with Crippen molar-refractivity contribution >= 4 is 17.5 Å². The Balaban J connectivity index is 1.37. The van der Waals surface area contributed by atoms with Crippen molar-refractivity contribution in [3.63, 3.8) is 0 Å². The van der Waals surface area contributed by atoms with E-state index in [4.69, 9.17) is 9.26 Å². The summed E-state index contributed by atoms with van der Waals surface area (Å²) >= 11 is 0. The number of hydrogen-bond acceptors (Lipinski definition) is 9. The van der Waals surface area contributed by atoms with Crippen LogP contribution in [0, 0.1) is 0 Å². The summed E-state index contributed by atoms with van der Waals surface area (Å²) in [5.41, 5.74) is 1.24. The fraction of sp³-hybridized carbons (Fsp3) is 0.200. The fourth-order valence-electron chi connectivity index (χ4n) is 3.52. The number of nitrogens with zero attached hydrogens (tertiary/aromatic N) is 6. The Morgan fingerprint density at radius 1 is 1.07 bits per heavy atom. The van der Waals surface area contributed by atoms with E-state index in [0.717, 1.165) is 10.5 Å². The highest BCUT2D eigenvalue weighted by atomic mass is 16.5. The number of carbonyl (C=O) groups excluding carboxylic acids is 2. The lowest BCUT2D eigenvalue weighted by Crippen LogP contribution is -2.39. The van der Waals surface area contributed by atoms with Crippen LogP contribution in [-0.2, 0) is 16.1 Å². The SMILES string of the molecule is COc1cccc(N2C(=O)[C@H]3N=NN(Cc4nc(-c5ccccc5)no4)[C@H]3C2=O)c1. The van der Waals surface area contributed by atoms with E-state index in [1.54, 1.807) is 24.3 Å². The number of fused-ring (bicyclic) bond motifs is 1. The Morgan fingerprint density at radius 2 is 1.90 bits per heavy atom. The molecule has 3 heterocycles. The molecule has 2 atom stereocenters. The Morgan fingerprint density at radius 3 is 2.70 bits per heavy atom. The first-order valence-electron chi connectivity index (χ1n) is 9.23. The molecule has 2 amide bonds. The van der Waals surface area contributed by atoms with Crippen LogP contribution < -0.4 is 9.64 Å². The maximum absolute atomic E-state index is 13.1. The van der Waals surface area contributed by atoms with Crippen molar-refractivity contribution < 1.29 is 18.8 Å². The third-order valence-corrected chi connectivity index (χ3v) is 4.97. The third kappa shape index (κ3) is 2.89. The van der Waals surface area contributed by atoms with Gasteiger partial charge in [-0.05, 0) is 12.1 Å². The van der Waals surface area contributed by atoms with Gasteiger partial charge >= 0.3 is 0 Å². The summed E-state index contributed by atoms with van der Waals surface area (Å²) in [5, 5.41) is 13.4. The number of amides is 2. The van der Waals surface area contributed by atoms with E-state index in [9.17, 15) is 9.59 Å². The molecule has 10 nitrogen and oxygen atoms in total. The minimum absolute atomic E-state index is 0.0650. The van der Waals surface area contributed by atoms with Gasteiger partial charge in [0.1, 0.15) is 12.3 Å². The molecule has 5 rings (SSSR count). The lowest BCUT2D eigenvalue weighted by Gasteiger charge is -2.19. The molecule has 0 bridgehead atoms. The van der Waals surface area contributed by atoms with E-state index in [2.05, 4.69) is 20.5 Å². The van der Waals surface area contributed by atoms with Crippen LogP contribution in [0.5, 0.6) is 5.75 Å². The highest BCUT2D eigenvalue weighted by Crippen LogP contribution is 2.33. The average molecular weight is 404 g/mol. The topological polar surface area (TPSA) is 113 Å². The molecule has 1 saturated heterocycles. The molecule has 10 heteroatoms. The summed E-state index contributed by atoms with van der Waals surface area (Å²) < 4.78 is 10.5. The van der Waals surface area contributed by atoms with Gasteiger partial charge in [-0.2, -0.15) is 10.1 Å². The summed E-state index contributed by atoms with van der Waals surface area (Å²) in [6.07, 6.45) is 0. The Labute approximate surface area is 170 Å². The molecule has 0 radical (unpaired) electrons. The smallest absolute Gasteiger partial charge is 0.263 e. The zero-order valence-corrected chi connectivity index (χ0v) is 15.9. The Kier molecular flexibility index (Phi) is 4.24. The van der Waals surface area contributed by atoms with Crippen LogP contribution in [0.4, 0.5) is 5.69 Å². The van der Waals surface area contributed by atoms with Crippen LogP contribution in [0.1, 0.15) is 5.89 Å². The van der Waals surface area contributed by atoms with Gasteiger partial charge in [-0.1, -0.05) is 46.8 Å². The van der Waals surface area contributed by atoms with Crippen LogP contribution in [0.3, 0.4) is 0 Å². The third-order valence-electron chi connectivity index (χ3n) is 4.97. The monoisotopic (exact) mass is 404 g/mol. The molecular formula is C20H16N6O4. The highest BCUT2D eigenvalue weighted by Gasteiger charge is 2.55. The quantitative estimate of drug-likeness (QED) is 0.599. The second-order valence-electron chi connectivity index (χ2n) is 6.78. The van der Waals surface area contributed by atoms with Crippen molar-refractivity contribution in [2.75, 3.05) is 12.0 Å². The predicted molar refractivity (Wildman–Crippen MR) is 103 cm³/mol. The van der Waals surface area contributed by atoms with E-state index in [1.165, 1.54) is 12.1 Å². The first-order valence-corrected chi connectivity index (χ1v) is 9.23. The molecular weight excluding hydrogens is 388 g/mol. The number of imide groups is 1. The van der Waals surface area contributed by atoms with Gasteiger partial charge in [-0.3, -0.25) is 14.6 Å². The van der Waals surface area contributed by atoms with Gasteiger partial charge in [0.15, 0.2) is 12.1 Å². The zero-order valence-electron chi connectivity index (χ0n) is 15.9. The number of rotatable bonds is 5. The number of benzene rings is 2. The van der Waals surface area contributed by atoms with E-state index in [1.807, 2.05) is 30.3 Å². The number of ether oxygens (including phenoxy) is 1. The summed E-state index contributed by atoms with van der Waals surface area (Å²) in [7, 11) is 1.52. The van der Waals surface area contributed by atoms with Crippen molar-refractivity contribution in [2.24, 2.45) is 10.3 Å². The van der Waals surface area contributed by atoms with Gasteiger partial charge in [-0.15, -0.1) is 0 Å². The van der Waals surface area contributed by atoms with Gasteiger partial charge in [0.25, 0.3) is 11.8 Å². The van der Waals surface area contributed by atoms with Crippen LogP contribution >= 0.6 is 0 Å². The number of carbonyl (C=O) groups is 2. The van der Waals surface area contributed by atoms with Gasteiger partial charge in [0.05, 0.1) is 12.8 Å². The summed E-state index contributed by atoms with van der Waals surface area (Å²) in [6, 6.07) is 14.4. The van der Waals surface area contributed by atoms with E-state index >= 15 is 0 Å². The molecule has 0 spiro atoms. The lowest BCUT2D eigenvalue weighted by molar-refractivity contribution is -0.123. The minimum atomic E-state index is -0.903. The van der Waals surface area contributed by atoms with Gasteiger partial charge < -0.3 is 9.26 Å². The molecule has 0 aliphatic carbocycles. The highest BCUT2D eigenvalue weighted by molar-refractivity contribution is 6.25. The second kappa shape index (κ2) is 7.07. The Hall–Kier alpha value is -4.08.